The third-order valence-corrected chi connectivity index (χ3v) is 6.15. The molecule has 2 aromatic rings. The molecule has 8 heteroatoms. The number of aliphatic hydroxyl groups is 1. The van der Waals surface area contributed by atoms with Crippen LogP contribution in [0.15, 0.2) is 42.5 Å². The van der Waals surface area contributed by atoms with Crippen molar-refractivity contribution in [3.63, 3.8) is 0 Å². The standard InChI is InChI=1S/C26H32N2O6/c1-25(2,3)28(12-11-16-9-7-6-8-10-16)24(31)33-22-17-13-20-18(27-21(29)15-32-20)14-19(17)34-26(4,5)23(22)30/h6-10,13-14,22-23,30H,11-12,15H2,1-5H3,(H,27,29)/t22-,23+/m0/s1. The average molecular weight is 469 g/mol. The minimum Gasteiger partial charge on any atom is -0.484 e. The second-order valence-electron chi connectivity index (χ2n) is 10.2. The lowest BCUT2D eigenvalue weighted by Crippen LogP contribution is -2.52. The Morgan fingerprint density at radius 1 is 1.21 bits per heavy atom. The van der Waals surface area contributed by atoms with E-state index in [-0.39, 0.29) is 12.5 Å². The minimum absolute atomic E-state index is 0.109. The third kappa shape index (κ3) is 4.82. The summed E-state index contributed by atoms with van der Waals surface area (Å²) in [6.07, 6.45) is -1.94. The summed E-state index contributed by atoms with van der Waals surface area (Å²) in [7, 11) is 0. The predicted octanol–water partition coefficient (Wildman–Crippen LogP) is 4.07. The van der Waals surface area contributed by atoms with Crippen molar-refractivity contribution in [3.8, 4) is 11.5 Å². The van der Waals surface area contributed by atoms with Crippen molar-refractivity contribution in [2.24, 2.45) is 0 Å². The van der Waals surface area contributed by atoms with E-state index in [9.17, 15) is 14.7 Å². The van der Waals surface area contributed by atoms with E-state index < -0.39 is 29.4 Å². The fourth-order valence-corrected chi connectivity index (χ4v) is 4.20. The first kappa shape index (κ1) is 23.9. The van der Waals surface area contributed by atoms with Gasteiger partial charge in [0.25, 0.3) is 5.91 Å². The monoisotopic (exact) mass is 468 g/mol. The zero-order valence-electron chi connectivity index (χ0n) is 20.3. The number of fused-ring (bicyclic) bond motifs is 2. The Kier molecular flexibility index (Phi) is 6.20. The van der Waals surface area contributed by atoms with E-state index in [1.165, 1.54) is 0 Å². The average Bonchev–Trinajstić information content (AvgIpc) is 2.75. The molecule has 0 saturated heterocycles. The van der Waals surface area contributed by atoms with Gasteiger partial charge in [-0.15, -0.1) is 0 Å². The van der Waals surface area contributed by atoms with Gasteiger partial charge in [0.2, 0.25) is 0 Å². The van der Waals surface area contributed by atoms with Crippen molar-refractivity contribution < 1.29 is 28.9 Å². The molecule has 2 amide bonds. The molecule has 0 aliphatic carbocycles. The van der Waals surface area contributed by atoms with Crippen molar-refractivity contribution in [1.29, 1.82) is 0 Å². The van der Waals surface area contributed by atoms with Gasteiger partial charge in [0, 0.05) is 23.7 Å². The predicted molar refractivity (Wildman–Crippen MR) is 127 cm³/mol. The van der Waals surface area contributed by atoms with E-state index in [0.717, 1.165) is 5.56 Å². The first-order chi connectivity index (χ1) is 16.0. The molecule has 182 valence electrons. The molecule has 2 N–H and O–H groups in total. The molecule has 2 aliphatic heterocycles. The lowest BCUT2D eigenvalue weighted by atomic mass is 9.88. The normalized spacial score (nSPS) is 20.7. The van der Waals surface area contributed by atoms with Crippen LogP contribution in [0.25, 0.3) is 0 Å². The summed E-state index contributed by atoms with van der Waals surface area (Å²) in [5, 5.41) is 13.9. The van der Waals surface area contributed by atoms with Crippen LogP contribution in [-0.4, -0.2) is 52.4 Å². The van der Waals surface area contributed by atoms with Gasteiger partial charge >= 0.3 is 6.09 Å². The molecule has 2 aromatic carbocycles. The summed E-state index contributed by atoms with van der Waals surface area (Å²) >= 11 is 0. The molecule has 0 bridgehead atoms. The summed E-state index contributed by atoms with van der Waals surface area (Å²) in [6.45, 7) is 9.66. The SMILES string of the molecule is CC1(C)Oc2cc3c(cc2[C@H](OC(=O)N(CCc2ccccc2)C(C)(C)C)[C@H]1O)OCC(=O)N3. The molecule has 0 saturated carbocycles. The maximum Gasteiger partial charge on any atom is 0.410 e. The molecule has 0 radical (unpaired) electrons. The molecule has 34 heavy (non-hydrogen) atoms. The molecule has 0 aromatic heterocycles. The second kappa shape index (κ2) is 8.83. The van der Waals surface area contributed by atoms with Crippen molar-refractivity contribution in [2.45, 2.75) is 64.4 Å². The summed E-state index contributed by atoms with van der Waals surface area (Å²) in [5.74, 6) is 0.598. The maximum atomic E-state index is 13.4. The largest absolute Gasteiger partial charge is 0.484 e. The van der Waals surface area contributed by atoms with Crippen LogP contribution in [0.1, 0.15) is 51.8 Å². The van der Waals surface area contributed by atoms with Crippen LogP contribution in [0, 0.1) is 0 Å². The van der Waals surface area contributed by atoms with Crippen molar-refractivity contribution >= 4 is 17.7 Å². The van der Waals surface area contributed by atoms with Crippen LogP contribution in [-0.2, 0) is 16.0 Å². The molecule has 4 rings (SSSR count). The quantitative estimate of drug-likeness (QED) is 0.702. The Hall–Kier alpha value is -3.26. The fraction of sp³-hybridized carbons (Fsp3) is 0.462. The van der Waals surface area contributed by atoms with Gasteiger partial charge in [0.05, 0.1) is 5.69 Å². The lowest BCUT2D eigenvalue weighted by molar-refractivity contribution is -0.120. The van der Waals surface area contributed by atoms with Gasteiger partial charge in [0.15, 0.2) is 12.7 Å². The zero-order chi connectivity index (χ0) is 24.7. The van der Waals surface area contributed by atoms with Crippen LogP contribution in [0.3, 0.4) is 0 Å². The van der Waals surface area contributed by atoms with Gasteiger partial charge in [-0.05, 0) is 52.7 Å². The van der Waals surface area contributed by atoms with Gasteiger partial charge in [-0.3, -0.25) is 4.79 Å². The van der Waals surface area contributed by atoms with Crippen LogP contribution in [0.4, 0.5) is 10.5 Å². The fourth-order valence-electron chi connectivity index (χ4n) is 4.20. The lowest BCUT2D eigenvalue weighted by Gasteiger charge is -2.43. The number of rotatable bonds is 4. The summed E-state index contributed by atoms with van der Waals surface area (Å²) in [5.41, 5.74) is 0.567. The van der Waals surface area contributed by atoms with E-state index >= 15 is 0 Å². The van der Waals surface area contributed by atoms with E-state index in [1.54, 1.807) is 30.9 Å². The summed E-state index contributed by atoms with van der Waals surface area (Å²) in [6, 6.07) is 13.2. The Labute approximate surface area is 199 Å². The number of aliphatic hydroxyl groups excluding tert-OH is 1. The first-order valence-electron chi connectivity index (χ1n) is 11.5. The molecular weight excluding hydrogens is 436 g/mol. The Morgan fingerprint density at radius 2 is 1.91 bits per heavy atom. The highest BCUT2D eigenvalue weighted by atomic mass is 16.6. The van der Waals surface area contributed by atoms with Gasteiger partial charge in [-0.25, -0.2) is 4.79 Å². The van der Waals surface area contributed by atoms with E-state index in [4.69, 9.17) is 14.2 Å². The highest BCUT2D eigenvalue weighted by Crippen LogP contribution is 2.46. The molecule has 0 unspecified atom stereocenters. The minimum atomic E-state index is -1.11. The smallest absolute Gasteiger partial charge is 0.410 e. The summed E-state index contributed by atoms with van der Waals surface area (Å²) < 4.78 is 17.5. The summed E-state index contributed by atoms with van der Waals surface area (Å²) in [4.78, 5) is 26.8. The van der Waals surface area contributed by atoms with Crippen molar-refractivity contribution in [3.05, 3.63) is 53.6 Å². The Morgan fingerprint density at radius 3 is 2.59 bits per heavy atom. The maximum absolute atomic E-state index is 13.4. The number of carbonyl (C=O) groups excluding carboxylic acids is 2. The number of hydrogen-bond donors (Lipinski definition) is 2. The number of hydrogen-bond acceptors (Lipinski definition) is 6. The topological polar surface area (TPSA) is 97.3 Å². The zero-order valence-corrected chi connectivity index (χ0v) is 20.3. The molecule has 0 spiro atoms. The third-order valence-electron chi connectivity index (χ3n) is 6.15. The van der Waals surface area contributed by atoms with Crippen LogP contribution < -0.4 is 14.8 Å². The Balaban J connectivity index is 1.62. The van der Waals surface area contributed by atoms with E-state index in [0.29, 0.717) is 35.7 Å². The van der Waals surface area contributed by atoms with Crippen LogP contribution in [0.5, 0.6) is 11.5 Å². The molecule has 0 fully saturated rings. The molecule has 8 nitrogen and oxygen atoms in total. The second-order valence-corrected chi connectivity index (χ2v) is 10.2. The van der Waals surface area contributed by atoms with E-state index in [2.05, 4.69) is 5.32 Å². The number of benzene rings is 2. The molecular formula is C26H32N2O6. The molecule has 2 aliphatic rings. The molecule has 2 heterocycles. The number of carbonyl (C=O) groups is 2. The van der Waals surface area contributed by atoms with Crippen molar-refractivity contribution in [2.75, 3.05) is 18.5 Å². The van der Waals surface area contributed by atoms with Gasteiger partial charge in [-0.1, -0.05) is 30.3 Å². The Bertz CT molecular complexity index is 1080. The number of ether oxygens (including phenoxy) is 3. The first-order valence-corrected chi connectivity index (χ1v) is 11.5. The van der Waals surface area contributed by atoms with Crippen LogP contribution >= 0.6 is 0 Å². The number of amides is 2. The van der Waals surface area contributed by atoms with Gasteiger partial charge < -0.3 is 29.5 Å². The van der Waals surface area contributed by atoms with Crippen LogP contribution in [0.2, 0.25) is 0 Å². The molecule has 2 atom stereocenters. The highest BCUT2D eigenvalue weighted by Gasteiger charge is 2.46. The highest BCUT2D eigenvalue weighted by molar-refractivity contribution is 5.95. The number of nitrogens with zero attached hydrogens (tertiary/aromatic N) is 1. The number of nitrogens with one attached hydrogen (secondary N) is 1. The van der Waals surface area contributed by atoms with Gasteiger partial charge in [0.1, 0.15) is 23.2 Å². The van der Waals surface area contributed by atoms with Crippen molar-refractivity contribution in [1.82, 2.24) is 4.90 Å². The number of anilines is 1. The van der Waals surface area contributed by atoms with Gasteiger partial charge in [-0.2, -0.15) is 0 Å². The van der Waals surface area contributed by atoms with E-state index in [1.807, 2.05) is 51.1 Å².